The van der Waals surface area contributed by atoms with Gasteiger partial charge in [0.15, 0.2) is 12.1 Å². The van der Waals surface area contributed by atoms with Crippen LogP contribution in [0.2, 0.25) is 0 Å². The van der Waals surface area contributed by atoms with Crippen molar-refractivity contribution in [3.63, 3.8) is 0 Å². The number of aliphatic hydroxyl groups excluding tert-OH is 6. The molecule has 5 rings (SSSR count). The average Bonchev–Trinajstić information content (AvgIpc) is 3.28. The second-order valence-electron chi connectivity index (χ2n) is 16.3. The summed E-state index contributed by atoms with van der Waals surface area (Å²) in [5.41, 5.74) is -0.615. The van der Waals surface area contributed by atoms with Crippen molar-refractivity contribution in [3.05, 3.63) is 23.8 Å². The highest BCUT2D eigenvalue weighted by Crippen LogP contribution is 2.74. The number of aldehydes is 1. The highest BCUT2D eigenvalue weighted by molar-refractivity contribution is 5.97. The molecule has 1 aliphatic heterocycles. The van der Waals surface area contributed by atoms with Crippen molar-refractivity contribution in [1.29, 1.82) is 0 Å². The Hall–Kier alpha value is -1.50. The average molecular weight is 649 g/mol. The lowest BCUT2D eigenvalue weighted by Crippen LogP contribution is -2.64. The molecule has 0 bridgehead atoms. The SMILES string of the molecule is C=C(C)C(=O)C(CC(C)C1CCC2(C)C3C(O)C=C4C(CCC(O)C4(C)C)C3(C=O)CCC12C)OC1OC(CO)C(O)C(O)C1O. The highest BCUT2D eigenvalue weighted by atomic mass is 16.7. The molecule has 15 unspecified atom stereocenters. The van der Waals surface area contributed by atoms with Gasteiger partial charge in [0.25, 0.3) is 0 Å². The monoisotopic (exact) mass is 648 g/mol. The molecule has 4 aliphatic carbocycles. The lowest BCUT2D eigenvalue weighted by Gasteiger charge is -2.66. The van der Waals surface area contributed by atoms with E-state index in [1.165, 1.54) is 0 Å². The topological polar surface area (TPSA) is 174 Å². The van der Waals surface area contributed by atoms with Crippen LogP contribution in [-0.2, 0) is 19.1 Å². The van der Waals surface area contributed by atoms with E-state index in [0.717, 1.165) is 31.1 Å². The van der Waals surface area contributed by atoms with Crippen molar-refractivity contribution < 1.29 is 49.7 Å². The van der Waals surface area contributed by atoms with Gasteiger partial charge in [0.05, 0.1) is 18.8 Å². The third kappa shape index (κ3) is 5.21. The van der Waals surface area contributed by atoms with Crippen molar-refractivity contribution in [2.24, 2.45) is 45.3 Å². The number of aliphatic hydroxyl groups is 6. The first-order valence-corrected chi connectivity index (χ1v) is 17.1. The largest absolute Gasteiger partial charge is 0.394 e. The van der Waals surface area contributed by atoms with Gasteiger partial charge in [-0.15, -0.1) is 0 Å². The van der Waals surface area contributed by atoms with Crippen molar-refractivity contribution in [1.82, 2.24) is 0 Å². The lowest BCUT2D eigenvalue weighted by molar-refractivity contribution is -0.309. The summed E-state index contributed by atoms with van der Waals surface area (Å²) in [5, 5.41) is 63.5. The van der Waals surface area contributed by atoms with Crippen molar-refractivity contribution in [2.75, 3.05) is 6.61 Å². The number of hydrogen-bond donors (Lipinski definition) is 6. The van der Waals surface area contributed by atoms with Crippen LogP contribution in [0, 0.1) is 45.3 Å². The van der Waals surface area contributed by atoms with E-state index in [4.69, 9.17) is 9.47 Å². The van der Waals surface area contributed by atoms with E-state index in [2.05, 4.69) is 27.4 Å². The van der Waals surface area contributed by atoms with E-state index in [1.807, 2.05) is 19.9 Å². The van der Waals surface area contributed by atoms with E-state index in [1.54, 1.807) is 6.92 Å². The van der Waals surface area contributed by atoms with Crippen LogP contribution in [0.5, 0.6) is 0 Å². The minimum atomic E-state index is -1.63. The van der Waals surface area contributed by atoms with Gasteiger partial charge in [-0.2, -0.15) is 0 Å². The maximum atomic E-state index is 13.4. The third-order valence-electron chi connectivity index (χ3n) is 13.8. The lowest BCUT2D eigenvalue weighted by atomic mass is 9.38. The fraction of sp³-hybridized carbons (Fsp3) is 0.833. The maximum absolute atomic E-state index is 13.4. The van der Waals surface area contributed by atoms with Gasteiger partial charge >= 0.3 is 0 Å². The molecule has 15 atom stereocenters. The second-order valence-corrected chi connectivity index (χ2v) is 16.3. The summed E-state index contributed by atoms with van der Waals surface area (Å²) in [4.78, 5) is 26.7. The van der Waals surface area contributed by atoms with Crippen LogP contribution in [0.1, 0.15) is 86.5 Å². The third-order valence-corrected chi connectivity index (χ3v) is 13.8. The van der Waals surface area contributed by atoms with Crippen LogP contribution in [0.15, 0.2) is 23.8 Å². The van der Waals surface area contributed by atoms with Gasteiger partial charge in [0.2, 0.25) is 0 Å². The van der Waals surface area contributed by atoms with E-state index in [0.29, 0.717) is 19.3 Å². The molecule has 1 saturated heterocycles. The summed E-state index contributed by atoms with van der Waals surface area (Å²) in [6, 6.07) is 0. The summed E-state index contributed by atoms with van der Waals surface area (Å²) < 4.78 is 11.6. The molecule has 0 amide bonds. The van der Waals surface area contributed by atoms with Gasteiger partial charge in [-0.3, -0.25) is 4.79 Å². The molecule has 5 aliphatic rings. The van der Waals surface area contributed by atoms with Gasteiger partial charge in [-0.05, 0) is 86.0 Å². The number of rotatable bonds is 9. The molecular weight excluding hydrogens is 592 g/mol. The number of carbonyl (C=O) groups is 2. The molecule has 0 aromatic carbocycles. The van der Waals surface area contributed by atoms with Crippen LogP contribution in [0.4, 0.5) is 0 Å². The number of carbonyl (C=O) groups excluding carboxylic acids is 2. The normalized spacial score (nSPS) is 47.9. The summed E-state index contributed by atoms with van der Waals surface area (Å²) in [6.07, 6.45) is -2.06. The van der Waals surface area contributed by atoms with Crippen LogP contribution in [-0.4, -0.2) is 98.3 Å². The zero-order valence-electron chi connectivity index (χ0n) is 28.3. The Labute approximate surface area is 272 Å². The van der Waals surface area contributed by atoms with E-state index >= 15 is 0 Å². The molecule has 3 saturated carbocycles. The molecule has 0 aromatic rings. The Morgan fingerprint density at radius 2 is 1.70 bits per heavy atom. The Morgan fingerprint density at radius 3 is 2.30 bits per heavy atom. The highest BCUT2D eigenvalue weighted by Gasteiger charge is 2.70. The number of fused-ring (bicyclic) bond motifs is 5. The zero-order chi connectivity index (χ0) is 34.1. The molecule has 46 heavy (non-hydrogen) atoms. The van der Waals surface area contributed by atoms with Crippen LogP contribution in [0.25, 0.3) is 0 Å². The molecule has 6 N–H and O–H groups in total. The molecule has 4 fully saturated rings. The Morgan fingerprint density at radius 1 is 1.02 bits per heavy atom. The summed E-state index contributed by atoms with van der Waals surface area (Å²) in [7, 11) is 0. The second kappa shape index (κ2) is 12.4. The minimum Gasteiger partial charge on any atom is -0.394 e. The summed E-state index contributed by atoms with van der Waals surface area (Å²) in [6.45, 7) is 15.4. The van der Waals surface area contributed by atoms with Crippen molar-refractivity contribution in [2.45, 2.75) is 136 Å². The van der Waals surface area contributed by atoms with Gasteiger partial charge < -0.3 is 44.9 Å². The molecule has 0 aromatic heterocycles. The first kappa shape index (κ1) is 35.8. The van der Waals surface area contributed by atoms with Gasteiger partial charge in [-0.25, -0.2) is 0 Å². The molecule has 10 heteroatoms. The van der Waals surface area contributed by atoms with Crippen LogP contribution in [0.3, 0.4) is 0 Å². The van der Waals surface area contributed by atoms with Crippen molar-refractivity contribution in [3.8, 4) is 0 Å². The van der Waals surface area contributed by atoms with Crippen molar-refractivity contribution >= 4 is 12.1 Å². The number of ether oxygens (including phenoxy) is 2. The van der Waals surface area contributed by atoms with E-state index in [-0.39, 0.29) is 52.3 Å². The zero-order valence-corrected chi connectivity index (χ0v) is 28.3. The molecular formula is C36H56O10. The predicted octanol–water partition coefficient (Wildman–Crippen LogP) is 2.46. The van der Waals surface area contributed by atoms with Crippen LogP contribution >= 0.6 is 0 Å². The molecule has 260 valence electrons. The molecule has 1 heterocycles. The quantitative estimate of drug-likeness (QED) is 0.124. The van der Waals surface area contributed by atoms with Gasteiger partial charge in [0.1, 0.15) is 36.8 Å². The number of hydrogen-bond acceptors (Lipinski definition) is 10. The Bertz CT molecular complexity index is 1230. The number of ketones is 1. The Balaban J connectivity index is 1.42. The smallest absolute Gasteiger partial charge is 0.187 e. The first-order chi connectivity index (χ1) is 21.4. The molecule has 10 nitrogen and oxygen atoms in total. The fourth-order valence-electron chi connectivity index (χ4n) is 10.9. The van der Waals surface area contributed by atoms with E-state index in [9.17, 15) is 40.2 Å². The maximum Gasteiger partial charge on any atom is 0.187 e. The summed E-state index contributed by atoms with van der Waals surface area (Å²) in [5.74, 6) is -0.598. The first-order valence-electron chi connectivity index (χ1n) is 17.1. The van der Waals surface area contributed by atoms with Gasteiger partial charge in [0, 0.05) is 16.7 Å². The minimum absolute atomic E-state index is 0.0286. The standard InChI is InChI=1S/C36H56O10/c1-18(2)27(41)24(45-32-30(44)29(43)28(42)25(16-37)46-32)14-19(3)20-10-11-35(7)31-23(39)15-22-21(8-9-26(40)33(22,4)5)36(31,17-38)13-12-34(20,35)6/h15,17,19-21,23-26,28-32,37,39-40,42-44H,1,8-14,16H2,2-7H3. The molecule has 0 radical (unpaired) electrons. The predicted molar refractivity (Wildman–Crippen MR) is 169 cm³/mol. The molecule has 0 spiro atoms. The number of Topliss-reactive ketones (excluding diaryl/α,β-unsaturated/α-hetero) is 1. The van der Waals surface area contributed by atoms with Crippen LogP contribution < -0.4 is 0 Å². The van der Waals surface area contributed by atoms with E-state index < -0.39 is 66.5 Å². The van der Waals surface area contributed by atoms with Gasteiger partial charge in [-0.1, -0.05) is 52.8 Å². The summed E-state index contributed by atoms with van der Waals surface area (Å²) >= 11 is 0. The fourth-order valence-corrected chi connectivity index (χ4v) is 10.9. The Kier molecular flexibility index (Phi) is 9.67.